The summed E-state index contributed by atoms with van der Waals surface area (Å²) in [6.45, 7) is 1.78. The molecule has 0 aromatic heterocycles. The Morgan fingerprint density at radius 1 is 1.14 bits per heavy atom. The van der Waals surface area contributed by atoms with Gasteiger partial charge in [0.05, 0.1) is 16.8 Å². The first kappa shape index (κ1) is 15.1. The number of halogens is 1. The van der Waals surface area contributed by atoms with Gasteiger partial charge in [-0.05, 0) is 37.3 Å². The Hall–Kier alpha value is -2.34. The van der Waals surface area contributed by atoms with E-state index in [1.54, 1.807) is 37.3 Å². The summed E-state index contributed by atoms with van der Waals surface area (Å²) in [5.74, 6) is -1.55. The fourth-order valence-electron chi connectivity index (χ4n) is 1.87. The summed E-state index contributed by atoms with van der Waals surface area (Å²) in [6, 6.07) is 9.67. The van der Waals surface area contributed by atoms with Gasteiger partial charge in [0, 0.05) is 10.2 Å². The zero-order valence-corrected chi connectivity index (χ0v) is 12.8. The predicted molar refractivity (Wildman–Crippen MR) is 84.6 cm³/mol. The van der Waals surface area contributed by atoms with Gasteiger partial charge in [-0.3, -0.25) is 4.79 Å². The Bertz CT molecular complexity index is 729. The molecular weight excluding hydrogens is 336 g/mol. The number of amides is 1. The van der Waals surface area contributed by atoms with Crippen molar-refractivity contribution in [1.29, 1.82) is 0 Å². The molecule has 0 atom stereocenters. The van der Waals surface area contributed by atoms with Crippen molar-refractivity contribution in [2.24, 2.45) is 0 Å². The van der Waals surface area contributed by atoms with Crippen LogP contribution in [0.15, 0.2) is 40.9 Å². The summed E-state index contributed by atoms with van der Waals surface area (Å²) in [5, 5.41) is 11.8. The molecule has 1 amide bonds. The first-order chi connectivity index (χ1) is 9.88. The van der Waals surface area contributed by atoms with Crippen LogP contribution in [0.25, 0.3) is 0 Å². The smallest absolute Gasteiger partial charge is 0.337 e. The Morgan fingerprint density at radius 3 is 2.48 bits per heavy atom. The number of aromatic carboxylic acids is 1. The highest BCUT2D eigenvalue weighted by Gasteiger charge is 2.15. The number of aryl methyl sites for hydroxylation is 1. The van der Waals surface area contributed by atoms with Crippen molar-refractivity contribution in [1.82, 2.24) is 0 Å². The first-order valence-electron chi connectivity index (χ1n) is 6.09. The Labute approximate surface area is 129 Å². The summed E-state index contributed by atoms with van der Waals surface area (Å²) in [7, 11) is 0. The SMILES string of the molecule is Cc1ccc(NC(=O)c2ccc(Br)cc2N)c(C(=O)O)c1. The number of hydrogen-bond acceptors (Lipinski definition) is 3. The van der Waals surface area contributed by atoms with Gasteiger partial charge in [-0.1, -0.05) is 27.6 Å². The molecule has 2 aromatic carbocycles. The minimum atomic E-state index is -1.10. The minimum Gasteiger partial charge on any atom is -0.478 e. The highest BCUT2D eigenvalue weighted by molar-refractivity contribution is 9.10. The highest BCUT2D eigenvalue weighted by atomic mass is 79.9. The molecule has 6 heteroatoms. The topological polar surface area (TPSA) is 92.4 Å². The molecule has 0 unspecified atom stereocenters. The molecule has 0 fully saturated rings. The molecule has 0 spiro atoms. The average Bonchev–Trinajstić information content (AvgIpc) is 2.40. The zero-order chi connectivity index (χ0) is 15.6. The summed E-state index contributed by atoms with van der Waals surface area (Å²) in [4.78, 5) is 23.4. The van der Waals surface area contributed by atoms with Crippen LogP contribution in [0.1, 0.15) is 26.3 Å². The van der Waals surface area contributed by atoms with Crippen LogP contribution in [-0.2, 0) is 0 Å². The number of carboxylic acids is 1. The molecule has 2 aromatic rings. The van der Waals surface area contributed by atoms with Crippen molar-refractivity contribution in [3.63, 3.8) is 0 Å². The van der Waals surface area contributed by atoms with Gasteiger partial charge < -0.3 is 16.2 Å². The number of nitrogens with two attached hydrogens (primary N) is 1. The molecule has 0 radical (unpaired) electrons. The molecule has 0 aliphatic heterocycles. The number of carboxylic acid groups (broad SMARTS) is 1. The summed E-state index contributed by atoms with van der Waals surface area (Å²) in [6.07, 6.45) is 0. The second-order valence-electron chi connectivity index (χ2n) is 4.54. The highest BCUT2D eigenvalue weighted by Crippen LogP contribution is 2.22. The lowest BCUT2D eigenvalue weighted by Crippen LogP contribution is -2.16. The zero-order valence-electron chi connectivity index (χ0n) is 11.2. The first-order valence-corrected chi connectivity index (χ1v) is 6.88. The van der Waals surface area contributed by atoms with Crippen LogP contribution in [0.2, 0.25) is 0 Å². The van der Waals surface area contributed by atoms with E-state index in [9.17, 15) is 14.7 Å². The van der Waals surface area contributed by atoms with Crippen molar-refractivity contribution < 1.29 is 14.7 Å². The van der Waals surface area contributed by atoms with E-state index in [0.29, 0.717) is 5.69 Å². The number of anilines is 2. The van der Waals surface area contributed by atoms with Crippen LogP contribution < -0.4 is 11.1 Å². The van der Waals surface area contributed by atoms with Gasteiger partial charge in [-0.2, -0.15) is 0 Å². The van der Waals surface area contributed by atoms with Crippen molar-refractivity contribution in [2.45, 2.75) is 6.92 Å². The third-order valence-corrected chi connectivity index (χ3v) is 3.41. The molecule has 0 aliphatic carbocycles. The normalized spacial score (nSPS) is 10.2. The fourth-order valence-corrected chi connectivity index (χ4v) is 2.25. The van der Waals surface area contributed by atoms with Crippen LogP contribution in [0, 0.1) is 6.92 Å². The van der Waals surface area contributed by atoms with E-state index < -0.39 is 11.9 Å². The van der Waals surface area contributed by atoms with Crippen LogP contribution >= 0.6 is 15.9 Å². The van der Waals surface area contributed by atoms with Crippen molar-refractivity contribution >= 4 is 39.2 Å². The number of nitrogens with one attached hydrogen (secondary N) is 1. The molecular formula is C15H13BrN2O3. The van der Waals surface area contributed by atoms with Crippen LogP contribution in [-0.4, -0.2) is 17.0 Å². The maximum atomic E-state index is 12.2. The second kappa shape index (κ2) is 5.97. The van der Waals surface area contributed by atoms with E-state index in [4.69, 9.17) is 5.73 Å². The van der Waals surface area contributed by atoms with Gasteiger partial charge in [-0.25, -0.2) is 4.79 Å². The molecule has 4 N–H and O–H groups in total. The Morgan fingerprint density at radius 2 is 1.86 bits per heavy atom. The largest absolute Gasteiger partial charge is 0.478 e. The van der Waals surface area contributed by atoms with Crippen molar-refractivity contribution in [2.75, 3.05) is 11.1 Å². The number of nitrogen functional groups attached to an aromatic ring is 1. The molecule has 21 heavy (non-hydrogen) atoms. The molecule has 0 saturated heterocycles. The number of hydrogen-bond donors (Lipinski definition) is 3. The van der Waals surface area contributed by atoms with E-state index in [-0.39, 0.29) is 16.8 Å². The van der Waals surface area contributed by atoms with Crippen LogP contribution in [0.5, 0.6) is 0 Å². The molecule has 0 heterocycles. The molecule has 5 nitrogen and oxygen atoms in total. The van der Waals surface area contributed by atoms with Gasteiger partial charge in [0.2, 0.25) is 0 Å². The lowest BCUT2D eigenvalue weighted by molar-refractivity contribution is 0.0698. The molecule has 0 saturated carbocycles. The Balaban J connectivity index is 2.34. The van der Waals surface area contributed by atoms with Gasteiger partial charge in [0.15, 0.2) is 0 Å². The van der Waals surface area contributed by atoms with E-state index in [0.717, 1.165) is 10.0 Å². The summed E-state index contributed by atoms with van der Waals surface area (Å²) in [5.41, 5.74) is 7.47. The second-order valence-corrected chi connectivity index (χ2v) is 5.46. The van der Waals surface area contributed by atoms with Gasteiger partial charge in [0.1, 0.15) is 0 Å². The number of carbonyl (C=O) groups is 2. The quantitative estimate of drug-likeness (QED) is 0.742. The third kappa shape index (κ3) is 3.41. The third-order valence-electron chi connectivity index (χ3n) is 2.91. The monoisotopic (exact) mass is 348 g/mol. The van der Waals surface area contributed by atoms with Gasteiger partial charge >= 0.3 is 5.97 Å². The van der Waals surface area contributed by atoms with E-state index in [1.165, 1.54) is 6.07 Å². The summed E-state index contributed by atoms with van der Waals surface area (Å²) < 4.78 is 0.762. The number of benzene rings is 2. The van der Waals surface area contributed by atoms with Crippen molar-refractivity contribution in [3.05, 3.63) is 57.6 Å². The van der Waals surface area contributed by atoms with Crippen molar-refractivity contribution in [3.8, 4) is 0 Å². The lowest BCUT2D eigenvalue weighted by atomic mass is 10.1. The standard InChI is InChI=1S/C15H13BrN2O3/c1-8-2-5-13(11(6-8)15(20)21)18-14(19)10-4-3-9(16)7-12(10)17/h2-7H,17H2,1H3,(H,18,19)(H,20,21). The van der Waals surface area contributed by atoms with E-state index in [1.807, 2.05) is 0 Å². The number of rotatable bonds is 3. The fraction of sp³-hybridized carbons (Fsp3) is 0.0667. The van der Waals surface area contributed by atoms with Crippen LogP contribution in [0.3, 0.4) is 0 Å². The molecule has 0 bridgehead atoms. The summed E-state index contributed by atoms with van der Waals surface area (Å²) >= 11 is 3.26. The van der Waals surface area contributed by atoms with E-state index >= 15 is 0 Å². The Kier molecular flexibility index (Phi) is 4.28. The van der Waals surface area contributed by atoms with Crippen LogP contribution in [0.4, 0.5) is 11.4 Å². The van der Waals surface area contributed by atoms with E-state index in [2.05, 4.69) is 21.2 Å². The lowest BCUT2D eigenvalue weighted by Gasteiger charge is -2.11. The molecule has 108 valence electrons. The molecule has 0 aliphatic rings. The minimum absolute atomic E-state index is 0.0408. The maximum absolute atomic E-state index is 12.2. The van der Waals surface area contributed by atoms with Gasteiger partial charge in [0.25, 0.3) is 5.91 Å². The number of carbonyl (C=O) groups excluding carboxylic acids is 1. The molecule has 2 rings (SSSR count). The predicted octanol–water partition coefficient (Wildman–Crippen LogP) is 3.29. The maximum Gasteiger partial charge on any atom is 0.337 e. The average molecular weight is 349 g/mol. The van der Waals surface area contributed by atoms with Gasteiger partial charge in [-0.15, -0.1) is 0 Å².